The summed E-state index contributed by atoms with van der Waals surface area (Å²) in [6.45, 7) is 4.03. The minimum Gasteiger partial charge on any atom is -0.497 e. The van der Waals surface area contributed by atoms with Gasteiger partial charge in [0.05, 0.1) is 7.11 Å². The van der Waals surface area contributed by atoms with Crippen LogP contribution in [0.5, 0.6) is 5.75 Å². The Bertz CT molecular complexity index is 1880. The minimum atomic E-state index is -4.51. The lowest BCUT2D eigenvalue weighted by Gasteiger charge is -2.40. The second-order valence-corrected chi connectivity index (χ2v) is 14.8. The van der Waals surface area contributed by atoms with Crippen LogP contribution in [0.3, 0.4) is 0 Å². The highest BCUT2D eigenvalue weighted by molar-refractivity contribution is 7.99. The number of carbonyl (C=O) groups excluding carboxylic acids is 2. The number of nitrogens with one attached hydrogen (secondary N) is 1. The van der Waals surface area contributed by atoms with Crippen LogP contribution in [0.4, 0.5) is 18.9 Å². The zero-order valence-corrected chi connectivity index (χ0v) is 30.1. The van der Waals surface area contributed by atoms with Gasteiger partial charge >= 0.3 is 6.18 Å². The van der Waals surface area contributed by atoms with E-state index in [9.17, 15) is 22.8 Å². The van der Waals surface area contributed by atoms with E-state index in [1.807, 2.05) is 83.8 Å². The lowest BCUT2D eigenvalue weighted by molar-refractivity contribution is -0.141. The van der Waals surface area contributed by atoms with Crippen LogP contribution < -0.4 is 15.0 Å². The number of ether oxygens (including phenoxy) is 1. The van der Waals surface area contributed by atoms with Gasteiger partial charge < -0.3 is 19.9 Å². The van der Waals surface area contributed by atoms with Crippen LogP contribution in [0.25, 0.3) is 0 Å². The number of benzene rings is 4. The van der Waals surface area contributed by atoms with Gasteiger partial charge in [-0.15, -0.1) is 0 Å². The summed E-state index contributed by atoms with van der Waals surface area (Å²) in [5.41, 5.74) is 4.26. The first-order chi connectivity index (χ1) is 25.1. The molecule has 7 nitrogen and oxygen atoms in total. The monoisotopic (exact) mass is 728 g/mol. The highest BCUT2D eigenvalue weighted by Crippen LogP contribution is 2.51. The van der Waals surface area contributed by atoms with Gasteiger partial charge in [-0.25, -0.2) is 0 Å². The van der Waals surface area contributed by atoms with Crippen molar-refractivity contribution in [2.45, 2.75) is 53.6 Å². The molecule has 1 N–H and O–H groups in total. The van der Waals surface area contributed by atoms with Gasteiger partial charge in [-0.2, -0.15) is 13.2 Å². The van der Waals surface area contributed by atoms with E-state index in [1.165, 1.54) is 0 Å². The predicted octanol–water partition coefficient (Wildman–Crippen LogP) is 7.32. The lowest BCUT2D eigenvalue weighted by Crippen LogP contribution is -2.49. The van der Waals surface area contributed by atoms with Gasteiger partial charge in [-0.3, -0.25) is 14.5 Å². The zero-order valence-electron chi connectivity index (χ0n) is 29.3. The van der Waals surface area contributed by atoms with E-state index in [-0.39, 0.29) is 5.91 Å². The van der Waals surface area contributed by atoms with Crippen molar-refractivity contribution < 1.29 is 27.5 Å². The largest absolute Gasteiger partial charge is 0.497 e. The number of anilines is 1. The third-order valence-electron chi connectivity index (χ3n) is 10.5. The van der Waals surface area contributed by atoms with Crippen molar-refractivity contribution >= 4 is 29.3 Å². The number of piperazine rings is 1. The third kappa shape index (κ3) is 7.52. The molecule has 272 valence electrons. The minimum absolute atomic E-state index is 0.0521. The molecule has 1 saturated heterocycles. The Morgan fingerprint density at radius 2 is 1.58 bits per heavy atom. The fourth-order valence-electron chi connectivity index (χ4n) is 7.84. The Morgan fingerprint density at radius 3 is 2.27 bits per heavy atom. The van der Waals surface area contributed by atoms with Crippen LogP contribution >= 0.6 is 11.8 Å². The van der Waals surface area contributed by atoms with E-state index >= 15 is 0 Å². The van der Waals surface area contributed by atoms with Crippen molar-refractivity contribution in [1.29, 1.82) is 0 Å². The van der Waals surface area contributed by atoms with Gasteiger partial charge in [0.25, 0.3) is 5.91 Å². The van der Waals surface area contributed by atoms with Gasteiger partial charge in [0.2, 0.25) is 5.91 Å². The number of hydrogen-bond acceptors (Lipinski definition) is 6. The molecule has 4 aromatic carbocycles. The Balaban J connectivity index is 0.977. The molecule has 0 saturated carbocycles. The van der Waals surface area contributed by atoms with Gasteiger partial charge in [0.1, 0.15) is 17.7 Å². The van der Waals surface area contributed by atoms with Crippen LogP contribution in [-0.4, -0.2) is 80.7 Å². The molecule has 1 fully saturated rings. The molecule has 3 heterocycles. The van der Waals surface area contributed by atoms with Gasteiger partial charge in [-0.05, 0) is 84.5 Å². The predicted molar refractivity (Wildman–Crippen MR) is 197 cm³/mol. The highest BCUT2D eigenvalue weighted by atomic mass is 32.2. The summed E-state index contributed by atoms with van der Waals surface area (Å²) in [5, 5.41) is 2.25. The number of fused-ring (bicyclic) bond motifs is 3. The summed E-state index contributed by atoms with van der Waals surface area (Å²) in [4.78, 5) is 36.0. The smallest absolute Gasteiger partial charge is 0.405 e. The molecule has 0 spiro atoms. The molecule has 4 aromatic rings. The van der Waals surface area contributed by atoms with E-state index < -0.39 is 24.0 Å². The fraction of sp³-hybridized carbons (Fsp3) is 0.366. The molecule has 7 rings (SSSR count). The molecule has 2 amide bonds. The molecule has 0 aliphatic carbocycles. The molecular formula is C41H43F3N4O3S. The number of methoxy groups -OCH3 is 1. The average molecular weight is 729 g/mol. The summed E-state index contributed by atoms with van der Waals surface area (Å²) < 4.78 is 45.3. The summed E-state index contributed by atoms with van der Waals surface area (Å²) in [7, 11) is 1.64. The topological polar surface area (TPSA) is 65.1 Å². The average Bonchev–Trinajstić information content (AvgIpc) is 3.16. The van der Waals surface area contributed by atoms with Crippen molar-refractivity contribution in [3.8, 4) is 5.75 Å². The summed E-state index contributed by atoms with van der Waals surface area (Å²) in [6.07, 6.45) is -1.80. The number of alkyl halides is 3. The number of carbonyl (C=O) groups is 2. The van der Waals surface area contributed by atoms with Crippen molar-refractivity contribution in [3.05, 3.63) is 119 Å². The van der Waals surface area contributed by atoms with Crippen LogP contribution in [0, 0.1) is 0 Å². The van der Waals surface area contributed by atoms with Crippen LogP contribution in [0.1, 0.15) is 51.9 Å². The number of nitrogens with zero attached hydrogens (tertiary/aromatic N) is 3. The normalized spacial score (nSPS) is 16.9. The maximum Gasteiger partial charge on any atom is 0.405 e. The van der Waals surface area contributed by atoms with Crippen molar-refractivity contribution in [2.75, 3.05) is 57.8 Å². The molecule has 3 aliphatic rings. The van der Waals surface area contributed by atoms with E-state index in [0.29, 0.717) is 25.9 Å². The molecular weight excluding hydrogens is 686 g/mol. The van der Waals surface area contributed by atoms with Gasteiger partial charge in [0.15, 0.2) is 0 Å². The summed E-state index contributed by atoms with van der Waals surface area (Å²) >= 11 is 1.55. The number of unbranched alkanes of at least 4 members (excludes halogenated alkanes) is 1. The number of halogens is 3. The van der Waals surface area contributed by atoms with E-state index in [2.05, 4.69) is 27.2 Å². The van der Waals surface area contributed by atoms with Crippen LogP contribution in [0.2, 0.25) is 0 Å². The van der Waals surface area contributed by atoms with E-state index in [0.717, 1.165) is 94.6 Å². The van der Waals surface area contributed by atoms with Crippen molar-refractivity contribution in [1.82, 2.24) is 15.1 Å². The molecule has 0 aromatic heterocycles. The molecule has 11 heteroatoms. The Hall–Kier alpha value is -4.48. The van der Waals surface area contributed by atoms with Gasteiger partial charge in [0, 0.05) is 60.3 Å². The second-order valence-electron chi connectivity index (χ2n) is 13.8. The first-order valence-electron chi connectivity index (χ1n) is 17.9. The molecule has 3 aliphatic heterocycles. The molecule has 52 heavy (non-hydrogen) atoms. The molecule has 0 unspecified atom stereocenters. The summed E-state index contributed by atoms with van der Waals surface area (Å²) in [5.74, 6) is 0.224. The van der Waals surface area contributed by atoms with E-state index in [1.54, 1.807) is 18.9 Å². The third-order valence-corrected chi connectivity index (χ3v) is 11.7. The first kappa shape index (κ1) is 35.9. The molecule has 0 atom stereocenters. The molecule has 0 bridgehead atoms. The number of rotatable bonds is 11. The van der Waals surface area contributed by atoms with Crippen molar-refractivity contribution in [3.63, 3.8) is 0 Å². The highest BCUT2D eigenvalue weighted by Gasteiger charge is 2.47. The van der Waals surface area contributed by atoms with Crippen LogP contribution in [0.15, 0.2) is 101 Å². The molecule has 0 radical (unpaired) electrons. The van der Waals surface area contributed by atoms with E-state index in [4.69, 9.17) is 4.74 Å². The van der Waals surface area contributed by atoms with Gasteiger partial charge in [-0.1, -0.05) is 72.8 Å². The maximum atomic E-state index is 13.9. The Labute approximate surface area is 307 Å². The second kappa shape index (κ2) is 15.2. The Kier molecular flexibility index (Phi) is 10.5. The quantitative estimate of drug-likeness (QED) is 0.164. The van der Waals surface area contributed by atoms with Crippen LogP contribution in [-0.2, 0) is 23.2 Å². The SMILES string of the molecule is COc1cccc(CN2CCc3ccc(N4CCN(CCCCC5(C(=O)NCC(F)(F)F)c6ccccc6Sc6ccccc65)CC4)cc3C2=O)c1. The lowest BCUT2D eigenvalue weighted by atomic mass is 9.69. The standard InChI is InChI=1S/C41H43F3N4O3S/c1-51-32-10-8-9-29(25-32)27-48-20-17-30-15-16-31(26-33(30)38(48)49)47-23-21-46(22-24-47)19-7-6-18-40(39(50)45-28-41(42,43)44)34-11-2-4-13-36(34)52-37-14-5-3-12-35(37)40/h2-5,8-16,25-26H,6-7,17-24,27-28H2,1H3,(H,45,50). The zero-order chi connectivity index (χ0) is 36.3. The Morgan fingerprint density at radius 1 is 0.865 bits per heavy atom. The number of hydrogen-bond donors (Lipinski definition) is 1. The first-order valence-corrected chi connectivity index (χ1v) is 18.7. The summed E-state index contributed by atoms with van der Waals surface area (Å²) in [6, 6.07) is 29.3. The maximum absolute atomic E-state index is 13.9. The fourth-order valence-corrected chi connectivity index (χ4v) is 9.08. The number of amides is 2. The van der Waals surface area contributed by atoms with Crippen molar-refractivity contribution in [2.24, 2.45) is 0 Å².